The summed E-state index contributed by atoms with van der Waals surface area (Å²) in [5.74, 6) is 0.582. The van der Waals surface area contributed by atoms with E-state index in [9.17, 15) is 4.79 Å². The molecule has 2 heterocycles. The number of carbonyl (C=O) groups excluding carboxylic acids is 1. The molecule has 0 radical (unpaired) electrons. The molecular weight excluding hydrogens is 344 g/mol. The van der Waals surface area contributed by atoms with Crippen LogP contribution in [0.4, 0.5) is 0 Å². The molecule has 0 bridgehead atoms. The van der Waals surface area contributed by atoms with Crippen molar-refractivity contribution in [3.63, 3.8) is 0 Å². The summed E-state index contributed by atoms with van der Waals surface area (Å²) >= 11 is 6.20. The first-order valence-corrected chi connectivity index (χ1v) is 8.41. The smallest absolute Gasteiger partial charge is 0.295 e. The van der Waals surface area contributed by atoms with Crippen molar-refractivity contribution in [1.29, 1.82) is 0 Å². The molecule has 2 aromatic rings. The third-order valence-electron chi connectivity index (χ3n) is 4.01. The molecule has 8 heteroatoms. The molecule has 132 valence electrons. The number of methoxy groups -OCH3 is 1. The van der Waals surface area contributed by atoms with Crippen molar-refractivity contribution in [2.24, 2.45) is 5.10 Å². The third-order valence-corrected chi connectivity index (χ3v) is 4.31. The van der Waals surface area contributed by atoms with E-state index in [1.54, 1.807) is 7.11 Å². The van der Waals surface area contributed by atoms with Gasteiger partial charge in [0, 0.05) is 17.0 Å². The van der Waals surface area contributed by atoms with Crippen LogP contribution in [0.3, 0.4) is 0 Å². The average molecular weight is 364 g/mol. The van der Waals surface area contributed by atoms with Crippen LogP contribution in [0.25, 0.3) is 10.9 Å². The zero-order valence-electron chi connectivity index (χ0n) is 13.9. The fourth-order valence-corrected chi connectivity index (χ4v) is 2.83. The first kappa shape index (κ1) is 17.6. The summed E-state index contributed by atoms with van der Waals surface area (Å²) in [6.07, 6.45) is 1.51. The molecular formula is C17H20ClN4O3+. The van der Waals surface area contributed by atoms with Crippen molar-refractivity contribution >= 4 is 34.6 Å². The van der Waals surface area contributed by atoms with E-state index in [1.807, 2.05) is 24.3 Å². The minimum Gasteiger partial charge on any atom is -0.497 e. The largest absolute Gasteiger partial charge is 0.497 e. The number of rotatable bonds is 5. The Bertz CT molecular complexity index is 791. The Morgan fingerprint density at radius 1 is 1.44 bits per heavy atom. The quantitative estimate of drug-likeness (QED) is 0.454. The Morgan fingerprint density at radius 2 is 2.24 bits per heavy atom. The third kappa shape index (κ3) is 4.66. The van der Waals surface area contributed by atoms with Crippen LogP contribution in [-0.4, -0.2) is 57.1 Å². The number of ether oxygens (including phenoxy) is 2. The Kier molecular flexibility index (Phi) is 5.80. The maximum Gasteiger partial charge on any atom is 0.295 e. The van der Waals surface area contributed by atoms with Gasteiger partial charge in [-0.15, -0.1) is 0 Å². The lowest BCUT2D eigenvalue weighted by molar-refractivity contribution is -0.900. The monoisotopic (exact) mass is 363 g/mol. The van der Waals surface area contributed by atoms with Gasteiger partial charge >= 0.3 is 0 Å². The molecule has 1 aliphatic rings. The number of pyridine rings is 1. The first-order valence-electron chi connectivity index (χ1n) is 8.03. The molecule has 1 fully saturated rings. The standard InChI is InChI=1S/C17H19ClN4O3/c1-24-14-3-2-12-8-13(17(18)20-15(12)9-14)10-19-21-16(23)11-22-4-6-25-7-5-22/h2-3,8-10H,4-7,11H2,1H3,(H,21,23)/p+1. The molecule has 0 saturated carbocycles. The zero-order chi connectivity index (χ0) is 17.6. The van der Waals surface area contributed by atoms with E-state index in [0.29, 0.717) is 30.5 Å². The molecule has 0 aliphatic carbocycles. The topological polar surface area (TPSA) is 77.2 Å². The lowest BCUT2D eigenvalue weighted by atomic mass is 10.1. The van der Waals surface area contributed by atoms with E-state index in [-0.39, 0.29) is 5.91 Å². The van der Waals surface area contributed by atoms with Crippen LogP contribution in [0, 0.1) is 0 Å². The number of amides is 1. The summed E-state index contributed by atoms with van der Waals surface area (Å²) in [6.45, 7) is 3.43. The zero-order valence-corrected chi connectivity index (χ0v) is 14.7. The first-order chi connectivity index (χ1) is 12.2. The summed E-state index contributed by atoms with van der Waals surface area (Å²) in [6, 6.07) is 7.43. The summed E-state index contributed by atoms with van der Waals surface area (Å²) < 4.78 is 10.5. The van der Waals surface area contributed by atoms with Crippen LogP contribution < -0.4 is 15.1 Å². The van der Waals surface area contributed by atoms with E-state index >= 15 is 0 Å². The molecule has 1 aliphatic heterocycles. The van der Waals surface area contributed by atoms with E-state index < -0.39 is 0 Å². The maximum atomic E-state index is 11.9. The van der Waals surface area contributed by atoms with Crippen LogP contribution in [0.1, 0.15) is 5.56 Å². The van der Waals surface area contributed by atoms with Crippen LogP contribution in [0.15, 0.2) is 29.4 Å². The van der Waals surface area contributed by atoms with Crippen molar-refractivity contribution in [2.45, 2.75) is 0 Å². The minimum absolute atomic E-state index is 0.136. The SMILES string of the molecule is COc1ccc2cc(C=NNC(=O)C[NH+]3CCOCC3)c(Cl)nc2c1. The number of aromatic nitrogens is 1. The molecule has 0 unspecified atom stereocenters. The highest BCUT2D eigenvalue weighted by molar-refractivity contribution is 6.32. The normalized spacial score (nSPS) is 15.6. The summed E-state index contributed by atoms with van der Waals surface area (Å²) in [7, 11) is 1.60. The van der Waals surface area contributed by atoms with Gasteiger partial charge in [-0.2, -0.15) is 5.10 Å². The highest BCUT2D eigenvalue weighted by Crippen LogP contribution is 2.23. The predicted molar refractivity (Wildman–Crippen MR) is 95.4 cm³/mol. The van der Waals surface area contributed by atoms with E-state index in [2.05, 4.69) is 15.5 Å². The molecule has 0 spiro atoms. The van der Waals surface area contributed by atoms with Gasteiger partial charge in [-0.25, -0.2) is 10.4 Å². The van der Waals surface area contributed by atoms with Crippen molar-refractivity contribution in [3.8, 4) is 5.75 Å². The summed E-state index contributed by atoms with van der Waals surface area (Å²) in [5.41, 5.74) is 3.91. The number of morpholine rings is 1. The Morgan fingerprint density at radius 3 is 3.00 bits per heavy atom. The Balaban J connectivity index is 1.64. The fourth-order valence-electron chi connectivity index (χ4n) is 2.63. The molecule has 1 aromatic carbocycles. The number of quaternary nitrogens is 1. The number of fused-ring (bicyclic) bond motifs is 1. The van der Waals surface area contributed by atoms with Gasteiger partial charge in [0.05, 0.1) is 32.1 Å². The molecule has 2 N–H and O–H groups in total. The molecule has 1 amide bonds. The molecule has 25 heavy (non-hydrogen) atoms. The second-order valence-electron chi connectivity index (χ2n) is 5.76. The molecule has 1 aromatic heterocycles. The summed E-state index contributed by atoms with van der Waals surface area (Å²) in [5, 5.41) is 5.22. The van der Waals surface area contributed by atoms with Gasteiger partial charge in [-0.3, -0.25) is 4.79 Å². The van der Waals surface area contributed by atoms with Gasteiger partial charge < -0.3 is 14.4 Å². The molecule has 0 atom stereocenters. The van der Waals surface area contributed by atoms with E-state index in [1.165, 1.54) is 11.1 Å². The Labute approximate surface area is 150 Å². The molecule has 3 rings (SSSR count). The van der Waals surface area contributed by atoms with Crippen molar-refractivity contribution in [1.82, 2.24) is 10.4 Å². The molecule has 7 nitrogen and oxygen atoms in total. The van der Waals surface area contributed by atoms with Gasteiger partial charge in [0.15, 0.2) is 6.54 Å². The van der Waals surface area contributed by atoms with Gasteiger partial charge in [0.2, 0.25) is 0 Å². The minimum atomic E-state index is -0.136. The maximum absolute atomic E-state index is 11.9. The van der Waals surface area contributed by atoms with Crippen LogP contribution in [0.5, 0.6) is 5.75 Å². The lowest BCUT2D eigenvalue weighted by Gasteiger charge is -2.22. The highest BCUT2D eigenvalue weighted by atomic mass is 35.5. The highest BCUT2D eigenvalue weighted by Gasteiger charge is 2.17. The second-order valence-corrected chi connectivity index (χ2v) is 6.12. The number of carbonyl (C=O) groups is 1. The van der Waals surface area contributed by atoms with E-state index in [4.69, 9.17) is 21.1 Å². The average Bonchev–Trinajstić information content (AvgIpc) is 2.62. The number of nitrogens with one attached hydrogen (secondary N) is 2. The fraction of sp³-hybridized carbons (Fsp3) is 0.353. The van der Waals surface area contributed by atoms with Gasteiger partial charge in [-0.05, 0) is 18.2 Å². The van der Waals surface area contributed by atoms with Crippen LogP contribution in [-0.2, 0) is 9.53 Å². The summed E-state index contributed by atoms with van der Waals surface area (Å²) in [4.78, 5) is 17.5. The van der Waals surface area contributed by atoms with Gasteiger partial charge in [-0.1, -0.05) is 11.6 Å². The number of hydrazone groups is 1. The number of hydrogen-bond acceptors (Lipinski definition) is 5. The van der Waals surface area contributed by atoms with Crippen LogP contribution in [0.2, 0.25) is 5.15 Å². The number of halogens is 1. The van der Waals surface area contributed by atoms with Gasteiger partial charge in [0.25, 0.3) is 5.91 Å². The Hall–Kier alpha value is -2.22. The predicted octanol–water partition coefficient (Wildman–Crippen LogP) is 0.262. The number of nitrogens with zero attached hydrogens (tertiary/aromatic N) is 2. The van der Waals surface area contributed by atoms with E-state index in [0.717, 1.165) is 29.7 Å². The number of hydrogen-bond donors (Lipinski definition) is 2. The van der Waals surface area contributed by atoms with Crippen molar-refractivity contribution in [3.05, 3.63) is 35.0 Å². The molecule has 1 saturated heterocycles. The van der Waals surface area contributed by atoms with Crippen molar-refractivity contribution < 1.29 is 19.2 Å². The van der Waals surface area contributed by atoms with Crippen molar-refractivity contribution in [2.75, 3.05) is 40.0 Å². The van der Waals surface area contributed by atoms with Crippen LogP contribution >= 0.6 is 11.6 Å². The number of benzene rings is 1. The van der Waals surface area contributed by atoms with Gasteiger partial charge in [0.1, 0.15) is 24.0 Å². The lowest BCUT2D eigenvalue weighted by Crippen LogP contribution is -3.15. The second kappa shape index (κ2) is 8.24.